The first-order chi connectivity index (χ1) is 15.9. The van der Waals surface area contributed by atoms with Crippen LogP contribution in [-0.2, 0) is 11.4 Å². The number of carboxylic acids is 1. The van der Waals surface area contributed by atoms with Crippen molar-refractivity contribution in [1.29, 1.82) is 0 Å². The molecule has 1 amide bonds. The molecule has 1 fully saturated rings. The average Bonchev–Trinajstić information content (AvgIpc) is 3.39. The maximum absolute atomic E-state index is 12.4. The SMILES string of the molecule is COc1cc(/C=C2\SC(=Nc3cccc(C)c3)NC2=O)ccc1OCc1ccc(C(=O)O)o1. The lowest BCUT2D eigenvalue weighted by Crippen LogP contribution is -2.19. The van der Waals surface area contributed by atoms with E-state index >= 15 is 0 Å². The van der Waals surface area contributed by atoms with Crippen LogP contribution in [0.3, 0.4) is 0 Å². The molecule has 1 aliphatic rings. The van der Waals surface area contributed by atoms with Crippen LogP contribution >= 0.6 is 11.8 Å². The number of aliphatic imine (C=N–C) groups is 1. The Balaban J connectivity index is 1.47. The number of hydrogen-bond acceptors (Lipinski definition) is 7. The Morgan fingerprint density at radius 3 is 2.76 bits per heavy atom. The van der Waals surface area contributed by atoms with Gasteiger partial charge >= 0.3 is 5.97 Å². The summed E-state index contributed by atoms with van der Waals surface area (Å²) in [5.74, 6) is -0.222. The van der Waals surface area contributed by atoms with Crippen molar-refractivity contribution < 1.29 is 28.6 Å². The number of hydrogen-bond donors (Lipinski definition) is 2. The summed E-state index contributed by atoms with van der Waals surface area (Å²) in [5.41, 5.74) is 2.61. The lowest BCUT2D eigenvalue weighted by atomic mass is 10.2. The fraction of sp³-hybridized carbons (Fsp3) is 0.125. The van der Waals surface area contributed by atoms with Crippen molar-refractivity contribution in [3.8, 4) is 11.5 Å². The average molecular weight is 464 g/mol. The van der Waals surface area contributed by atoms with Gasteiger partial charge in [-0.25, -0.2) is 9.79 Å². The zero-order valence-electron chi connectivity index (χ0n) is 17.8. The monoisotopic (exact) mass is 464 g/mol. The van der Waals surface area contributed by atoms with Gasteiger partial charge in [0.1, 0.15) is 12.4 Å². The molecule has 1 aromatic heterocycles. The zero-order valence-corrected chi connectivity index (χ0v) is 18.6. The number of carbonyl (C=O) groups is 2. The van der Waals surface area contributed by atoms with Gasteiger partial charge in [0.05, 0.1) is 17.7 Å². The fourth-order valence-corrected chi connectivity index (χ4v) is 3.90. The van der Waals surface area contributed by atoms with Crippen LogP contribution in [0.1, 0.15) is 27.4 Å². The highest BCUT2D eigenvalue weighted by molar-refractivity contribution is 8.18. The van der Waals surface area contributed by atoms with Crippen LogP contribution in [0.15, 0.2) is 68.9 Å². The Hall–Kier alpha value is -3.98. The van der Waals surface area contributed by atoms with E-state index in [1.165, 1.54) is 24.9 Å². The number of amides is 1. The minimum Gasteiger partial charge on any atom is -0.493 e. The number of aromatic carboxylic acids is 1. The highest BCUT2D eigenvalue weighted by Gasteiger charge is 2.24. The Bertz CT molecular complexity index is 1280. The molecule has 3 aromatic rings. The van der Waals surface area contributed by atoms with Crippen LogP contribution in [0.4, 0.5) is 5.69 Å². The summed E-state index contributed by atoms with van der Waals surface area (Å²) >= 11 is 1.26. The molecule has 8 nitrogen and oxygen atoms in total. The van der Waals surface area contributed by atoms with Crippen molar-refractivity contribution in [2.24, 2.45) is 4.99 Å². The second-order valence-corrected chi connectivity index (χ2v) is 8.12. The predicted octanol–water partition coefficient (Wildman–Crippen LogP) is 4.77. The second kappa shape index (κ2) is 9.66. The van der Waals surface area contributed by atoms with Gasteiger partial charge in [0.25, 0.3) is 5.91 Å². The first-order valence-electron chi connectivity index (χ1n) is 9.90. The number of methoxy groups -OCH3 is 1. The van der Waals surface area contributed by atoms with Gasteiger partial charge in [0, 0.05) is 0 Å². The van der Waals surface area contributed by atoms with Gasteiger partial charge in [-0.3, -0.25) is 4.79 Å². The highest BCUT2D eigenvalue weighted by Crippen LogP contribution is 2.33. The van der Waals surface area contributed by atoms with Crippen molar-refractivity contribution in [3.63, 3.8) is 0 Å². The molecule has 2 aromatic carbocycles. The summed E-state index contributed by atoms with van der Waals surface area (Å²) in [6, 6.07) is 15.9. The maximum Gasteiger partial charge on any atom is 0.371 e. The maximum atomic E-state index is 12.4. The number of carboxylic acid groups (broad SMARTS) is 1. The third kappa shape index (κ3) is 5.45. The van der Waals surface area contributed by atoms with Crippen LogP contribution < -0.4 is 14.8 Å². The van der Waals surface area contributed by atoms with Gasteiger partial charge in [0.15, 0.2) is 16.7 Å². The molecule has 9 heteroatoms. The van der Waals surface area contributed by atoms with Gasteiger partial charge in [-0.05, 0) is 72.3 Å². The molecule has 0 unspecified atom stereocenters. The minimum atomic E-state index is -1.14. The summed E-state index contributed by atoms with van der Waals surface area (Å²) < 4.78 is 16.3. The Labute approximate surface area is 193 Å². The van der Waals surface area contributed by atoms with Crippen molar-refractivity contribution in [2.75, 3.05) is 7.11 Å². The van der Waals surface area contributed by atoms with E-state index in [1.54, 1.807) is 30.3 Å². The van der Waals surface area contributed by atoms with Gasteiger partial charge in [0.2, 0.25) is 5.76 Å². The van der Waals surface area contributed by atoms with E-state index in [2.05, 4.69) is 10.3 Å². The molecule has 4 rings (SSSR count). The molecular weight excluding hydrogens is 444 g/mol. The number of aryl methyl sites for hydroxylation is 1. The number of thioether (sulfide) groups is 1. The summed E-state index contributed by atoms with van der Waals surface area (Å²) in [7, 11) is 1.51. The number of nitrogens with one attached hydrogen (secondary N) is 1. The smallest absolute Gasteiger partial charge is 0.371 e. The molecule has 0 aliphatic carbocycles. The summed E-state index contributed by atoms with van der Waals surface area (Å²) in [6.45, 7) is 2.03. The molecule has 0 spiro atoms. The van der Waals surface area contributed by atoms with Crippen LogP contribution in [0.5, 0.6) is 11.5 Å². The summed E-state index contributed by atoms with van der Waals surface area (Å²) in [5, 5.41) is 12.2. The Morgan fingerprint density at radius 1 is 1.18 bits per heavy atom. The molecule has 2 heterocycles. The molecule has 1 aliphatic heterocycles. The van der Waals surface area contributed by atoms with Crippen molar-refractivity contribution in [1.82, 2.24) is 5.32 Å². The third-order valence-electron chi connectivity index (χ3n) is 4.61. The van der Waals surface area contributed by atoms with Gasteiger partial charge in [-0.2, -0.15) is 0 Å². The van der Waals surface area contributed by atoms with Crippen LogP contribution in [0.25, 0.3) is 6.08 Å². The lowest BCUT2D eigenvalue weighted by Gasteiger charge is -2.10. The Morgan fingerprint density at radius 2 is 2.03 bits per heavy atom. The van der Waals surface area contributed by atoms with Crippen LogP contribution in [0, 0.1) is 6.92 Å². The lowest BCUT2D eigenvalue weighted by molar-refractivity contribution is -0.115. The number of ether oxygens (including phenoxy) is 2. The van der Waals surface area contributed by atoms with E-state index in [0.29, 0.717) is 27.3 Å². The minimum absolute atomic E-state index is 0.0428. The predicted molar refractivity (Wildman–Crippen MR) is 125 cm³/mol. The summed E-state index contributed by atoms with van der Waals surface area (Å²) in [4.78, 5) is 28.3. The fourth-order valence-electron chi connectivity index (χ4n) is 3.06. The first kappa shape index (κ1) is 22.2. The Kier molecular flexibility index (Phi) is 6.50. The largest absolute Gasteiger partial charge is 0.493 e. The van der Waals surface area contributed by atoms with E-state index in [4.69, 9.17) is 19.0 Å². The molecule has 0 radical (unpaired) electrons. The standard InChI is InChI=1S/C24H20N2O6S/c1-14-4-3-5-16(10-14)25-24-26-22(27)21(33-24)12-15-6-8-18(20(11-15)30-2)31-13-17-7-9-19(32-17)23(28)29/h3-12H,13H2,1-2H3,(H,28,29)(H,25,26,27)/b21-12-. The van der Waals surface area contributed by atoms with E-state index < -0.39 is 5.97 Å². The number of carbonyl (C=O) groups excluding carboxylic acids is 1. The molecule has 0 saturated carbocycles. The number of furan rings is 1. The topological polar surface area (TPSA) is 110 Å². The molecule has 0 bridgehead atoms. The summed E-state index contributed by atoms with van der Waals surface area (Å²) in [6.07, 6.45) is 1.75. The van der Waals surface area contributed by atoms with E-state index in [-0.39, 0.29) is 18.3 Å². The molecule has 2 N–H and O–H groups in total. The van der Waals surface area contributed by atoms with Crippen LogP contribution in [0.2, 0.25) is 0 Å². The van der Waals surface area contributed by atoms with Crippen molar-refractivity contribution >= 4 is 40.6 Å². The quantitative estimate of drug-likeness (QED) is 0.485. The first-order valence-corrected chi connectivity index (χ1v) is 10.7. The molecule has 0 atom stereocenters. The highest BCUT2D eigenvalue weighted by atomic mass is 32.2. The van der Waals surface area contributed by atoms with Crippen molar-refractivity contribution in [2.45, 2.75) is 13.5 Å². The zero-order chi connectivity index (χ0) is 23.4. The normalized spacial score (nSPS) is 15.6. The number of benzene rings is 2. The van der Waals surface area contributed by atoms with Crippen molar-refractivity contribution in [3.05, 3.63) is 82.1 Å². The van der Waals surface area contributed by atoms with Gasteiger partial charge < -0.3 is 24.3 Å². The number of nitrogens with zero attached hydrogens (tertiary/aromatic N) is 1. The third-order valence-corrected chi connectivity index (χ3v) is 5.52. The number of amidine groups is 1. The molecule has 1 saturated heterocycles. The van der Waals surface area contributed by atoms with E-state index in [0.717, 1.165) is 16.8 Å². The molecular formula is C24H20N2O6S. The second-order valence-electron chi connectivity index (χ2n) is 7.09. The van der Waals surface area contributed by atoms with E-state index in [1.807, 2.05) is 31.2 Å². The van der Waals surface area contributed by atoms with Gasteiger partial charge in [-0.15, -0.1) is 0 Å². The number of rotatable bonds is 7. The van der Waals surface area contributed by atoms with Gasteiger partial charge in [-0.1, -0.05) is 18.2 Å². The molecule has 168 valence electrons. The molecule has 33 heavy (non-hydrogen) atoms. The van der Waals surface area contributed by atoms with Crippen LogP contribution in [-0.4, -0.2) is 29.3 Å². The van der Waals surface area contributed by atoms with E-state index in [9.17, 15) is 9.59 Å².